The Morgan fingerprint density at radius 3 is 1.06 bits per heavy atom. The molecule has 0 bridgehead atoms. The van der Waals surface area contributed by atoms with Crippen LogP contribution in [0.3, 0.4) is 0 Å². The number of carboxylic acid groups (broad SMARTS) is 1. The summed E-state index contributed by atoms with van der Waals surface area (Å²) >= 11 is 0. The molecule has 0 aromatic heterocycles. The fourth-order valence-electron chi connectivity index (χ4n) is 2.07. The summed E-state index contributed by atoms with van der Waals surface area (Å²) in [5, 5.41) is 11.7. The molecule has 0 aromatic rings. The molecule has 14 heteroatoms. The fourth-order valence-corrected chi connectivity index (χ4v) is 2.07. The van der Waals surface area contributed by atoms with Crippen molar-refractivity contribution in [1.29, 1.82) is 0 Å². The van der Waals surface area contributed by atoms with Crippen molar-refractivity contribution in [3.63, 3.8) is 0 Å². The number of ether oxygens (including phenoxy) is 9. The Kier molecular flexibility index (Phi) is 28.1. The number of rotatable bonds is 29. The standard InChI is InChI=1S/C20H39N3O11/c21-23-22-1-2-26-3-4-27-5-6-28-7-8-29-9-10-30-11-12-31-13-14-32-15-16-33-17-18-34-19-20(24)25/h1-19H2,(H,24,25). The van der Waals surface area contributed by atoms with Crippen molar-refractivity contribution in [1.82, 2.24) is 0 Å². The lowest BCUT2D eigenvalue weighted by atomic mass is 10.6. The zero-order chi connectivity index (χ0) is 24.8. The molecule has 0 amide bonds. The summed E-state index contributed by atoms with van der Waals surface area (Å²) in [6.45, 7) is 7.51. The van der Waals surface area contributed by atoms with E-state index in [0.717, 1.165) is 0 Å². The van der Waals surface area contributed by atoms with Gasteiger partial charge in [-0.3, -0.25) is 0 Å². The fraction of sp³-hybridized carbons (Fsp3) is 0.950. The van der Waals surface area contributed by atoms with E-state index in [0.29, 0.717) is 112 Å². The van der Waals surface area contributed by atoms with E-state index in [2.05, 4.69) is 10.0 Å². The van der Waals surface area contributed by atoms with Gasteiger partial charge in [-0.15, -0.1) is 0 Å². The van der Waals surface area contributed by atoms with Crippen LogP contribution < -0.4 is 0 Å². The third-order valence-electron chi connectivity index (χ3n) is 3.60. The Morgan fingerprint density at radius 1 is 0.529 bits per heavy atom. The largest absolute Gasteiger partial charge is 0.480 e. The molecule has 0 aromatic carbocycles. The van der Waals surface area contributed by atoms with E-state index in [9.17, 15) is 4.79 Å². The summed E-state index contributed by atoms with van der Waals surface area (Å²) in [6.07, 6.45) is 0. The lowest BCUT2D eigenvalue weighted by Crippen LogP contribution is -2.15. The predicted octanol–water partition coefficient (Wildman–Crippen LogP) is 0.531. The predicted molar refractivity (Wildman–Crippen MR) is 119 cm³/mol. The number of hydrogen-bond acceptors (Lipinski definition) is 11. The van der Waals surface area contributed by atoms with Gasteiger partial charge in [0.15, 0.2) is 0 Å². The number of aliphatic carboxylic acids is 1. The normalized spacial score (nSPS) is 10.9. The molecule has 0 rings (SSSR count). The first-order chi connectivity index (χ1) is 16.8. The van der Waals surface area contributed by atoms with Crippen LogP contribution in [0.25, 0.3) is 10.4 Å². The number of carbonyl (C=O) groups is 1. The van der Waals surface area contributed by atoms with Crippen LogP contribution >= 0.6 is 0 Å². The average Bonchev–Trinajstić information content (AvgIpc) is 2.83. The molecule has 0 saturated heterocycles. The van der Waals surface area contributed by atoms with Crippen LogP contribution in [0.4, 0.5) is 0 Å². The van der Waals surface area contributed by atoms with Gasteiger partial charge in [0.25, 0.3) is 0 Å². The molecule has 0 aliphatic carbocycles. The second-order valence-electron chi connectivity index (χ2n) is 6.30. The maximum atomic E-state index is 10.2. The number of hydrogen-bond donors (Lipinski definition) is 1. The van der Waals surface area contributed by atoms with E-state index in [1.807, 2.05) is 0 Å². The van der Waals surface area contributed by atoms with Crippen molar-refractivity contribution in [2.24, 2.45) is 5.11 Å². The van der Waals surface area contributed by atoms with Crippen molar-refractivity contribution in [2.75, 3.05) is 125 Å². The summed E-state index contributed by atoms with van der Waals surface area (Å²) < 4.78 is 47.5. The van der Waals surface area contributed by atoms with Gasteiger partial charge in [0.2, 0.25) is 0 Å². The third-order valence-corrected chi connectivity index (χ3v) is 3.60. The summed E-state index contributed by atoms with van der Waals surface area (Å²) in [5.41, 5.74) is 8.10. The van der Waals surface area contributed by atoms with Crippen LogP contribution in [0.15, 0.2) is 5.11 Å². The molecule has 0 atom stereocenters. The Balaban J connectivity index is 3.03. The molecular weight excluding hydrogens is 458 g/mol. The monoisotopic (exact) mass is 497 g/mol. The molecule has 200 valence electrons. The maximum absolute atomic E-state index is 10.2. The first-order valence-corrected chi connectivity index (χ1v) is 11.2. The number of nitrogens with zero attached hydrogens (tertiary/aromatic N) is 3. The molecule has 0 saturated carbocycles. The molecule has 0 radical (unpaired) electrons. The first kappa shape index (κ1) is 32.4. The highest BCUT2D eigenvalue weighted by atomic mass is 16.6. The third kappa shape index (κ3) is 30.4. The second kappa shape index (κ2) is 29.5. The molecule has 1 N–H and O–H groups in total. The number of carboxylic acids is 1. The van der Waals surface area contributed by atoms with E-state index in [-0.39, 0.29) is 13.2 Å². The van der Waals surface area contributed by atoms with E-state index in [1.54, 1.807) is 0 Å². The zero-order valence-corrected chi connectivity index (χ0v) is 19.8. The van der Waals surface area contributed by atoms with Gasteiger partial charge in [-0.1, -0.05) is 5.11 Å². The van der Waals surface area contributed by atoms with Crippen molar-refractivity contribution in [3.8, 4) is 0 Å². The minimum atomic E-state index is -0.997. The lowest BCUT2D eigenvalue weighted by molar-refractivity contribution is -0.142. The Morgan fingerprint density at radius 2 is 0.794 bits per heavy atom. The van der Waals surface area contributed by atoms with Gasteiger partial charge in [-0.05, 0) is 5.53 Å². The number of azide groups is 1. The van der Waals surface area contributed by atoms with Gasteiger partial charge in [0.05, 0.1) is 112 Å². The molecule has 0 spiro atoms. The molecule has 14 nitrogen and oxygen atoms in total. The van der Waals surface area contributed by atoms with Gasteiger partial charge in [-0.25, -0.2) is 4.79 Å². The van der Waals surface area contributed by atoms with Gasteiger partial charge in [0.1, 0.15) is 6.61 Å². The van der Waals surface area contributed by atoms with Crippen LogP contribution in [0.5, 0.6) is 0 Å². The van der Waals surface area contributed by atoms with E-state index in [1.165, 1.54) is 0 Å². The summed E-state index contributed by atoms with van der Waals surface area (Å²) in [5.74, 6) is -0.997. The average molecular weight is 498 g/mol. The summed E-state index contributed by atoms with van der Waals surface area (Å²) in [7, 11) is 0. The van der Waals surface area contributed by atoms with Crippen molar-refractivity contribution in [2.45, 2.75) is 0 Å². The van der Waals surface area contributed by atoms with E-state index < -0.39 is 5.97 Å². The molecule has 0 fully saturated rings. The van der Waals surface area contributed by atoms with Crippen LogP contribution in [-0.2, 0) is 47.4 Å². The first-order valence-electron chi connectivity index (χ1n) is 11.2. The van der Waals surface area contributed by atoms with Crippen LogP contribution in [0.1, 0.15) is 0 Å². The highest BCUT2D eigenvalue weighted by Gasteiger charge is 1.97. The Bertz CT molecular complexity index is 455. The molecule has 0 aliphatic heterocycles. The molecule has 0 aliphatic rings. The van der Waals surface area contributed by atoms with Gasteiger partial charge in [0, 0.05) is 11.5 Å². The quantitative estimate of drug-likeness (QED) is 0.0662. The van der Waals surface area contributed by atoms with Crippen LogP contribution in [0, 0.1) is 0 Å². The highest BCUT2D eigenvalue weighted by molar-refractivity contribution is 5.67. The van der Waals surface area contributed by atoms with Gasteiger partial charge < -0.3 is 47.7 Å². The second-order valence-corrected chi connectivity index (χ2v) is 6.30. The molecular formula is C20H39N3O11. The van der Waals surface area contributed by atoms with E-state index >= 15 is 0 Å². The van der Waals surface area contributed by atoms with Crippen molar-refractivity contribution in [3.05, 3.63) is 10.4 Å². The zero-order valence-electron chi connectivity index (χ0n) is 19.8. The Labute approximate surface area is 200 Å². The van der Waals surface area contributed by atoms with Crippen LogP contribution in [-0.4, -0.2) is 137 Å². The summed E-state index contributed by atoms with van der Waals surface area (Å²) in [6, 6.07) is 0. The minimum absolute atomic E-state index is 0.241. The minimum Gasteiger partial charge on any atom is -0.480 e. The highest BCUT2D eigenvalue weighted by Crippen LogP contribution is 1.86. The van der Waals surface area contributed by atoms with Gasteiger partial charge >= 0.3 is 5.97 Å². The van der Waals surface area contributed by atoms with E-state index in [4.69, 9.17) is 53.3 Å². The Hall–Kier alpha value is -1.58. The van der Waals surface area contributed by atoms with Crippen LogP contribution in [0.2, 0.25) is 0 Å². The van der Waals surface area contributed by atoms with Gasteiger partial charge in [-0.2, -0.15) is 0 Å². The SMILES string of the molecule is [N-]=[N+]=NCCOCCOCCOCCOCCOCCOCCOCCOCCOCC(=O)O. The summed E-state index contributed by atoms with van der Waals surface area (Å²) in [4.78, 5) is 12.9. The smallest absolute Gasteiger partial charge is 0.329 e. The van der Waals surface area contributed by atoms with Crippen molar-refractivity contribution < 1.29 is 52.5 Å². The van der Waals surface area contributed by atoms with Crippen molar-refractivity contribution >= 4 is 5.97 Å². The lowest BCUT2D eigenvalue weighted by Gasteiger charge is -2.08. The molecule has 0 heterocycles. The molecule has 0 unspecified atom stereocenters. The molecule has 34 heavy (non-hydrogen) atoms. The maximum Gasteiger partial charge on any atom is 0.329 e. The topological polar surface area (TPSA) is 169 Å².